The van der Waals surface area contributed by atoms with E-state index in [1.54, 1.807) is 12.1 Å². The van der Waals surface area contributed by atoms with Crippen molar-refractivity contribution in [2.45, 2.75) is 6.04 Å². The summed E-state index contributed by atoms with van der Waals surface area (Å²) in [5.74, 6) is -0.461. The molecule has 0 bridgehead atoms. The second-order valence-corrected chi connectivity index (χ2v) is 5.45. The average molecular weight is 276 g/mol. The lowest BCUT2D eigenvalue weighted by molar-refractivity contribution is 0.624. The van der Waals surface area contributed by atoms with E-state index in [0.29, 0.717) is 9.90 Å². The highest BCUT2D eigenvalue weighted by molar-refractivity contribution is 7.16. The summed E-state index contributed by atoms with van der Waals surface area (Å²) in [5, 5.41) is 0.0974. The molecule has 0 amide bonds. The molecule has 0 fully saturated rings. The maximum absolute atomic E-state index is 13.3. The second kappa shape index (κ2) is 4.72. The van der Waals surface area contributed by atoms with Crippen molar-refractivity contribution in [3.63, 3.8) is 0 Å². The maximum atomic E-state index is 13.3. The van der Waals surface area contributed by atoms with E-state index in [9.17, 15) is 4.39 Å². The monoisotopic (exact) mass is 275 g/mol. The lowest BCUT2D eigenvalue weighted by Crippen LogP contribution is -2.10. The highest BCUT2D eigenvalue weighted by Gasteiger charge is 2.13. The molecule has 16 heavy (non-hydrogen) atoms. The molecule has 0 aliphatic carbocycles. The van der Waals surface area contributed by atoms with Gasteiger partial charge in [-0.3, -0.25) is 0 Å². The molecule has 1 nitrogen and oxygen atoms in total. The number of benzene rings is 1. The van der Waals surface area contributed by atoms with E-state index in [4.69, 9.17) is 28.9 Å². The molecule has 1 unspecified atom stereocenters. The minimum atomic E-state index is -0.461. The maximum Gasteiger partial charge on any atom is 0.142 e. The van der Waals surface area contributed by atoms with Gasteiger partial charge in [-0.2, -0.15) is 0 Å². The Labute approximate surface area is 107 Å². The summed E-state index contributed by atoms with van der Waals surface area (Å²) in [6.07, 6.45) is 0. The normalized spacial score (nSPS) is 12.8. The highest BCUT2D eigenvalue weighted by atomic mass is 35.5. The molecule has 2 rings (SSSR count). The van der Waals surface area contributed by atoms with Crippen LogP contribution < -0.4 is 5.73 Å². The molecular formula is C11H8Cl2FNS. The minimum absolute atomic E-state index is 0.0974. The van der Waals surface area contributed by atoms with Gasteiger partial charge in [-0.05, 0) is 29.8 Å². The molecule has 0 aliphatic rings. The Morgan fingerprint density at radius 2 is 1.94 bits per heavy atom. The fraction of sp³-hybridized carbons (Fsp3) is 0.0909. The lowest BCUT2D eigenvalue weighted by Gasteiger charge is -2.10. The van der Waals surface area contributed by atoms with Gasteiger partial charge < -0.3 is 5.73 Å². The third kappa shape index (κ3) is 2.38. The molecular weight excluding hydrogens is 268 g/mol. The van der Waals surface area contributed by atoms with Crippen LogP contribution in [0.25, 0.3) is 0 Å². The van der Waals surface area contributed by atoms with Crippen molar-refractivity contribution in [1.29, 1.82) is 0 Å². The molecule has 2 aromatic rings. The predicted octanol–water partition coefficient (Wildman–Crippen LogP) is 4.24. The quantitative estimate of drug-likeness (QED) is 0.872. The molecule has 1 aromatic heterocycles. The topological polar surface area (TPSA) is 26.0 Å². The summed E-state index contributed by atoms with van der Waals surface area (Å²) >= 11 is 12.8. The zero-order chi connectivity index (χ0) is 11.7. The van der Waals surface area contributed by atoms with Crippen LogP contribution in [0.1, 0.15) is 16.5 Å². The van der Waals surface area contributed by atoms with Gasteiger partial charge in [0.15, 0.2) is 0 Å². The van der Waals surface area contributed by atoms with Crippen molar-refractivity contribution in [3.8, 4) is 0 Å². The number of halogens is 3. The highest BCUT2D eigenvalue weighted by Crippen LogP contribution is 2.30. The van der Waals surface area contributed by atoms with Crippen molar-refractivity contribution in [1.82, 2.24) is 0 Å². The van der Waals surface area contributed by atoms with Crippen LogP contribution in [0.3, 0.4) is 0 Å². The fourth-order valence-electron chi connectivity index (χ4n) is 1.37. The zero-order valence-corrected chi connectivity index (χ0v) is 10.4. The Bertz CT molecular complexity index is 512. The lowest BCUT2D eigenvalue weighted by atomic mass is 10.1. The first-order valence-corrected chi connectivity index (χ1v) is 6.11. The van der Waals surface area contributed by atoms with E-state index in [0.717, 1.165) is 4.88 Å². The largest absolute Gasteiger partial charge is 0.320 e. The molecule has 0 aliphatic heterocycles. The zero-order valence-electron chi connectivity index (χ0n) is 8.08. The van der Waals surface area contributed by atoms with Gasteiger partial charge in [0.2, 0.25) is 0 Å². The third-order valence-electron chi connectivity index (χ3n) is 2.20. The van der Waals surface area contributed by atoms with Crippen molar-refractivity contribution in [2.24, 2.45) is 5.73 Å². The van der Waals surface area contributed by atoms with Gasteiger partial charge in [0.25, 0.3) is 0 Å². The van der Waals surface area contributed by atoms with Crippen LogP contribution in [0.2, 0.25) is 9.36 Å². The first kappa shape index (κ1) is 11.9. The summed E-state index contributed by atoms with van der Waals surface area (Å²) < 4.78 is 13.9. The minimum Gasteiger partial charge on any atom is -0.320 e. The second-order valence-electron chi connectivity index (χ2n) is 3.29. The van der Waals surface area contributed by atoms with E-state index < -0.39 is 5.82 Å². The van der Waals surface area contributed by atoms with E-state index >= 15 is 0 Å². The van der Waals surface area contributed by atoms with E-state index in [1.165, 1.54) is 23.5 Å². The van der Waals surface area contributed by atoms with E-state index in [-0.39, 0.29) is 11.1 Å². The molecule has 0 saturated carbocycles. The van der Waals surface area contributed by atoms with Crippen molar-refractivity contribution in [3.05, 3.63) is 55.9 Å². The van der Waals surface area contributed by atoms with Crippen LogP contribution in [0.15, 0.2) is 30.3 Å². The van der Waals surface area contributed by atoms with Crippen LogP contribution in [0.4, 0.5) is 4.39 Å². The fourth-order valence-corrected chi connectivity index (χ4v) is 2.57. The number of thiophene rings is 1. The summed E-state index contributed by atoms with van der Waals surface area (Å²) in [5.41, 5.74) is 6.67. The average Bonchev–Trinajstić information content (AvgIpc) is 2.68. The summed E-state index contributed by atoms with van der Waals surface area (Å²) in [7, 11) is 0. The summed E-state index contributed by atoms with van der Waals surface area (Å²) in [4.78, 5) is 0.895. The number of rotatable bonds is 2. The van der Waals surface area contributed by atoms with E-state index in [2.05, 4.69) is 0 Å². The molecule has 1 aromatic carbocycles. The van der Waals surface area contributed by atoms with Crippen LogP contribution in [-0.2, 0) is 0 Å². The Balaban J connectivity index is 2.33. The molecule has 2 N–H and O–H groups in total. The smallest absolute Gasteiger partial charge is 0.142 e. The summed E-state index contributed by atoms with van der Waals surface area (Å²) in [6.45, 7) is 0. The van der Waals surface area contributed by atoms with Crippen LogP contribution >= 0.6 is 34.5 Å². The number of nitrogens with two attached hydrogens (primary N) is 1. The first-order chi connectivity index (χ1) is 7.58. The van der Waals surface area contributed by atoms with Crippen LogP contribution in [0.5, 0.6) is 0 Å². The number of hydrogen-bond acceptors (Lipinski definition) is 2. The van der Waals surface area contributed by atoms with Gasteiger partial charge in [0.05, 0.1) is 15.4 Å². The molecule has 0 saturated heterocycles. The number of hydrogen-bond donors (Lipinski definition) is 1. The molecule has 5 heteroatoms. The Morgan fingerprint density at radius 1 is 1.19 bits per heavy atom. The van der Waals surface area contributed by atoms with Crippen molar-refractivity contribution >= 4 is 34.5 Å². The molecule has 0 spiro atoms. The van der Waals surface area contributed by atoms with Crippen molar-refractivity contribution < 1.29 is 4.39 Å². The predicted molar refractivity (Wildman–Crippen MR) is 66.8 cm³/mol. The van der Waals surface area contributed by atoms with Gasteiger partial charge in [-0.1, -0.05) is 29.3 Å². The van der Waals surface area contributed by atoms with Gasteiger partial charge in [0.1, 0.15) is 5.82 Å². The Morgan fingerprint density at radius 3 is 2.50 bits per heavy atom. The Hall–Kier alpha value is -0.610. The van der Waals surface area contributed by atoms with Gasteiger partial charge in [0, 0.05) is 4.88 Å². The SMILES string of the molecule is NC(c1ccc(Cl)c(F)c1)c1ccc(Cl)s1. The third-order valence-corrected chi connectivity index (χ3v) is 3.82. The van der Waals surface area contributed by atoms with Crippen LogP contribution in [0, 0.1) is 5.82 Å². The van der Waals surface area contributed by atoms with Gasteiger partial charge in [-0.25, -0.2) is 4.39 Å². The van der Waals surface area contributed by atoms with Crippen molar-refractivity contribution in [2.75, 3.05) is 0 Å². The molecule has 0 radical (unpaired) electrons. The van der Waals surface area contributed by atoms with Gasteiger partial charge >= 0.3 is 0 Å². The molecule has 1 atom stereocenters. The molecule has 1 heterocycles. The summed E-state index contributed by atoms with van der Waals surface area (Å²) in [6, 6.07) is 7.80. The van der Waals surface area contributed by atoms with Gasteiger partial charge in [-0.15, -0.1) is 11.3 Å². The van der Waals surface area contributed by atoms with Crippen LogP contribution in [-0.4, -0.2) is 0 Å². The van der Waals surface area contributed by atoms with E-state index in [1.807, 2.05) is 6.07 Å². The standard InChI is InChI=1S/C11H8Cl2FNS/c12-7-2-1-6(5-8(7)14)11(15)9-3-4-10(13)16-9/h1-5,11H,15H2. The first-order valence-electron chi connectivity index (χ1n) is 4.53. The molecule has 84 valence electrons. The Kier molecular flexibility index (Phi) is 3.50.